The predicted molar refractivity (Wildman–Crippen MR) is 128 cm³/mol. The molecule has 37 heavy (non-hydrogen) atoms. The number of carbonyl (C=O) groups is 2. The van der Waals surface area contributed by atoms with Gasteiger partial charge in [0.05, 0.1) is 22.0 Å². The quantitative estimate of drug-likeness (QED) is 0.189. The minimum Gasteiger partial charge on any atom is -0.289 e. The molecule has 0 spiro atoms. The number of hydrogen-bond donors (Lipinski definition) is 0. The van der Waals surface area contributed by atoms with E-state index in [-0.39, 0.29) is 11.1 Å². The number of carbonyl (C=O) groups excluding carboxylic acids is 2. The highest BCUT2D eigenvalue weighted by Crippen LogP contribution is 2.43. The standard InChI is InChI=1S/C27H22F6O3P/c1-13-14(2)16(4)22(17(5)15(13)3)24(34)18-9-6-7-12-21(18)37(36)25(35)23-19(26(28,29)30)10-8-11-20(23)27(31,32)33/h6-12H,1-5H3. The Balaban J connectivity index is 2.23. The van der Waals surface area contributed by atoms with Gasteiger partial charge in [0.15, 0.2) is 13.6 Å². The molecule has 0 heterocycles. The molecule has 0 aromatic heterocycles. The maximum atomic E-state index is 13.6. The highest BCUT2D eigenvalue weighted by atomic mass is 31.1. The van der Waals surface area contributed by atoms with Gasteiger partial charge in [-0.3, -0.25) is 14.2 Å². The van der Waals surface area contributed by atoms with Crippen molar-refractivity contribution >= 4 is 24.4 Å². The second kappa shape index (κ2) is 9.86. The molecule has 10 heteroatoms. The van der Waals surface area contributed by atoms with E-state index in [0.717, 1.165) is 22.8 Å². The monoisotopic (exact) mass is 539 g/mol. The molecule has 3 rings (SSSR count). The van der Waals surface area contributed by atoms with Crippen LogP contribution in [-0.2, 0) is 16.9 Å². The topological polar surface area (TPSA) is 51.2 Å². The molecule has 0 aliphatic rings. The summed E-state index contributed by atoms with van der Waals surface area (Å²) in [6.45, 7) is 8.95. The summed E-state index contributed by atoms with van der Waals surface area (Å²) < 4.78 is 94.9. The zero-order valence-electron chi connectivity index (χ0n) is 20.5. The first-order valence-electron chi connectivity index (χ1n) is 11.0. The van der Waals surface area contributed by atoms with E-state index < -0.39 is 53.5 Å². The van der Waals surface area contributed by atoms with Crippen molar-refractivity contribution < 1.29 is 40.5 Å². The van der Waals surface area contributed by atoms with Crippen LogP contribution in [0.5, 0.6) is 0 Å². The second-order valence-electron chi connectivity index (χ2n) is 8.67. The first-order valence-corrected chi connectivity index (χ1v) is 12.3. The summed E-state index contributed by atoms with van der Waals surface area (Å²) in [5.74, 6) is -0.631. The van der Waals surface area contributed by atoms with Crippen LogP contribution in [0.3, 0.4) is 0 Å². The number of hydrogen-bond acceptors (Lipinski definition) is 3. The largest absolute Gasteiger partial charge is 0.417 e. The molecule has 0 bridgehead atoms. The Morgan fingerprint density at radius 2 is 1.05 bits per heavy atom. The van der Waals surface area contributed by atoms with Crippen LogP contribution in [0.15, 0.2) is 42.5 Å². The first kappa shape index (κ1) is 28.3. The van der Waals surface area contributed by atoms with Gasteiger partial charge in [0.1, 0.15) is 0 Å². The van der Waals surface area contributed by atoms with Gasteiger partial charge in [-0.05, 0) is 86.7 Å². The zero-order chi connectivity index (χ0) is 28.0. The molecule has 0 saturated carbocycles. The lowest BCUT2D eigenvalue weighted by Gasteiger charge is -2.19. The van der Waals surface area contributed by atoms with E-state index in [1.807, 2.05) is 20.8 Å². The van der Waals surface area contributed by atoms with Gasteiger partial charge in [-0.25, -0.2) is 0 Å². The Labute approximate surface area is 210 Å². The highest BCUT2D eigenvalue weighted by Gasteiger charge is 2.44. The minimum absolute atomic E-state index is 0.233. The van der Waals surface area contributed by atoms with Crippen LogP contribution >= 0.6 is 7.80 Å². The van der Waals surface area contributed by atoms with Gasteiger partial charge >= 0.3 is 12.4 Å². The van der Waals surface area contributed by atoms with Gasteiger partial charge in [-0.1, -0.05) is 18.2 Å². The lowest BCUT2D eigenvalue weighted by atomic mass is 9.86. The maximum Gasteiger partial charge on any atom is 0.417 e. The van der Waals surface area contributed by atoms with Crippen molar-refractivity contribution in [3.8, 4) is 0 Å². The summed E-state index contributed by atoms with van der Waals surface area (Å²) >= 11 is 0. The van der Waals surface area contributed by atoms with E-state index in [0.29, 0.717) is 29.3 Å². The molecule has 0 fully saturated rings. The number of rotatable bonds is 5. The van der Waals surface area contributed by atoms with Gasteiger partial charge in [-0.15, -0.1) is 0 Å². The Hall–Kier alpha value is -3.32. The molecule has 195 valence electrons. The van der Waals surface area contributed by atoms with Crippen molar-refractivity contribution in [3.05, 3.63) is 98.1 Å². The van der Waals surface area contributed by atoms with Crippen LogP contribution in [0.25, 0.3) is 0 Å². The van der Waals surface area contributed by atoms with Crippen LogP contribution in [0, 0.1) is 34.6 Å². The van der Waals surface area contributed by atoms with Gasteiger partial charge < -0.3 is 0 Å². The Bertz CT molecular complexity index is 1390. The third kappa shape index (κ3) is 5.10. The van der Waals surface area contributed by atoms with Crippen molar-refractivity contribution in [1.29, 1.82) is 0 Å². The molecule has 3 aromatic rings. The van der Waals surface area contributed by atoms with Crippen LogP contribution in [0.4, 0.5) is 26.3 Å². The predicted octanol–water partition coefficient (Wildman–Crippen LogP) is 7.79. The Morgan fingerprint density at radius 1 is 0.622 bits per heavy atom. The zero-order valence-corrected chi connectivity index (χ0v) is 21.4. The molecule has 1 radical (unpaired) electrons. The number of ketones is 1. The maximum absolute atomic E-state index is 13.6. The van der Waals surface area contributed by atoms with Crippen LogP contribution in [-0.4, -0.2) is 11.3 Å². The normalized spacial score (nSPS) is 12.5. The fraction of sp³-hybridized carbons (Fsp3) is 0.259. The van der Waals surface area contributed by atoms with Gasteiger partial charge in [0.2, 0.25) is 5.52 Å². The van der Waals surface area contributed by atoms with Crippen LogP contribution in [0.2, 0.25) is 0 Å². The highest BCUT2D eigenvalue weighted by molar-refractivity contribution is 7.71. The minimum atomic E-state index is -5.32. The van der Waals surface area contributed by atoms with E-state index in [1.165, 1.54) is 18.2 Å². The van der Waals surface area contributed by atoms with Crippen molar-refractivity contribution in [2.75, 3.05) is 0 Å². The van der Waals surface area contributed by atoms with E-state index in [1.54, 1.807) is 13.8 Å². The molecule has 0 amide bonds. The summed E-state index contributed by atoms with van der Waals surface area (Å²) in [5.41, 5.74) is -3.37. The molecule has 3 aromatic carbocycles. The Morgan fingerprint density at radius 3 is 1.51 bits per heavy atom. The molecule has 0 aliphatic heterocycles. The average Bonchev–Trinajstić information content (AvgIpc) is 2.83. The number of benzene rings is 3. The molecule has 3 nitrogen and oxygen atoms in total. The summed E-state index contributed by atoms with van der Waals surface area (Å²) in [6.07, 6.45) is -10.6. The Kier molecular flexibility index (Phi) is 7.53. The third-order valence-electron chi connectivity index (χ3n) is 6.67. The summed E-state index contributed by atoms with van der Waals surface area (Å²) in [4.78, 5) is 26.7. The average molecular weight is 539 g/mol. The second-order valence-corrected chi connectivity index (χ2v) is 10.1. The van der Waals surface area contributed by atoms with E-state index >= 15 is 0 Å². The van der Waals surface area contributed by atoms with E-state index in [4.69, 9.17) is 0 Å². The van der Waals surface area contributed by atoms with Crippen molar-refractivity contribution in [2.24, 2.45) is 0 Å². The summed E-state index contributed by atoms with van der Waals surface area (Å²) in [6, 6.07) is 6.25. The molecule has 0 aliphatic carbocycles. The van der Waals surface area contributed by atoms with Crippen molar-refractivity contribution in [2.45, 2.75) is 47.0 Å². The van der Waals surface area contributed by atoms with E-state index in [2.05, 4.69) is 0 Å². The van der Waals surface area contributed by atoms with Gasteiger partial charge in [-0.2, -0.15) is 26.3 Å². The van der Waals surface area contributed by atoms with Gasteiger partial charge in [0, 0.05) is 11.1 Å². The van der Waals surface area contributed by atoms with Crippen LogP contribution < -0.4 is 5.30 Å². The fourth-order valence-corrected chi connectivity index (χ4v) is 5.56. The van der Waals surface area contributed by atoms with Crippen molar-refractivity contribution in [3.63, 3.8) is 0 Å². The molecule has 1 atom stereocenters. The lowest BCUT2D eigenvalue weighted by molar-refractivity contribution is -0.143. The van der Waals surface area contributed by atoms with Crippen LogP contribution in [0.1, 0.15) is 65.2 Å². The first-order chi connectivity index (χ1) is 17.0. The molecule has 0 N–H and O–H groups in total. The van der Waals surface area contributed by atoms with E-state index in [9.17, 15) is 40.5 Å². The SMILES string of the molecule is Cc1c(C)c(C)c(C(=O)c2ccccc2[P](=O)C(=O)c2c(C(F)(F)F)cccc2C(F)(F)F)c(C)c1C. The number of halogens is 6. The molecule has 0 saturated heterocycles. The lowest BCUT2D eigenvalue weighted by Crippen LogP contribution is -2.22. The summed E-state index contributed by atoms with van der Waals surface area (Å²) in [7, 11) is -3.53. The van der Waals surface area contributed by atoms with Gasteiger partial charge in [0.25, 0.3) is 0 Å². The third-order valence-corrected chi connectivity index (χ3v) is 8.09. The van der Waals surface area contributed by atoms with Crippen molar-refractivity contribution in [1.82, 2.24) is 0 Å². The fourth-order valence-electron chi connectivity index (χ4n) is 4.28. The smallest absolute Gasteiger partial charge is 0.289 e. The number of alkyl halides is 6. The molecule has 1 unspecified atom stereocenters. The summed E-state index contributed by atoms with van der Waals surface area (Å²) in [5, 5.41) is -0.438. The molecular formula is C27H22F6O3P. The molecular weight excluding hydrogens is 517 g/mol.